The molecule has 0 saturated carbocycles. The molecule has 9 nitrogen and oxygen atoms in total. The van der Waals surface area contributed by atoms with E-state index in [2.05, 4.69) is 43.0 Å². The second-order valence-electron chi connectivity index (χ2n) is 9.44. The molecule has 43 heavy (non-hydrogen) atoms. The molecule has 0 aliphatic rings. The number of hydrogen-bond acceptors (Lipinski definition) is 6. The number of carboxylic acid groups (broad SMARTS) is 3. The number of benzene rings is 3. The molecule has 0 heterocycles. The first-order valence-corrected chi connectivity index (χ1v) is 14.2. The number of rotatable bonds is 14. The maximum atomic E-state index is 10.3. The lowest BCUT2D eigenvalue weighted by Gasteiger charge is -2.18. The zero-order valence-corrected chi connectivity index (χ0v) is 25.4. The predicted molar refractivity (Wildman–Crippen MR) is 166 cm³/mol. The van der Waals surface area contributed by atoms with E-state index in [1.807, 2.05) is 54.6 Å². The highest BCUT2D eigenvalue weighted by Crippen LogP contribution is 2.35. The lowest BCUT2D eigenvalue weighted by molar-refractivity contribution is -0.170. The van der Waals surface area contributed by atoms with Crippen molar-refractivity contribution in [3.63, 3.8) is 0 Å². The zero-order chi connectivity index (χ0) is 32.0. The van der Waals surface area contributed by atoms with E-state index in [1.54, 1.807) is 0 Å². The van der Waals surface area contributed by atoms with Gasteiger partial charge in [-0.1, -0.05) is 91.6 Å². The van der Waals surface area contributed by atoms with Crippen molar-refractivity contribution >= 4 is 51.7 Å². The number of aliphatic hydroxyl groups is 1. The molecule has 0 aliphatic carbocycles. The Morgan fingerprint density at radius 2 is 1.26 bits per heavy atom. The van der Waals surface area contributed by atoms with Crippen LogP contribution in [0.4, 0.5) is 0 Å². The SMILES string of the molecule is CCN(CC)CCOc1ccc(/C(=C(/Cl)c2ccc(Cl)cc2)c2ccccc2)cc1.O=C(O)CC(O)(CC(=O)O)C(=O)O. The number of aliphatic carboxylic acids is 3. The lowest BCUT2D eigenvalue weighted by Crippen LogP contribution is -2.42. The Labute approximate surface area is 260 Å². The summed E-state index contributed by atoms with van der Waals surface area (Å²) in [5, 5.41) is 35.2. The lowest BCUT2D eigenvalue weighted by atomic mass is 9.95. The van der Waals surface area contributed by atoms with E-state index in [-0.39, 0.29) is 0 Å². The van der Waals surface area contributed by atoms with E-state index < -0.39 is 36.4 Å². The molecule has 0 aromatic heterocycles. The van der Waals surface area contributed by atoms with E-state index in [9.17, 15) is 14.4 Å². The van der Waals surface area contributed by atoms with Crippen molar-refractivity contribution in [2.24, 2.45) is 0 Å². The first kappa shape index (κ1) is 35.3. The number of likely N-dealkylation sites (N-methyl/N-ethyl adjacent to an activating group) is 1. The van der Waals surface area contributed by atoms with E-state index in [1.165, 1.54) is 0 Å². The van der Waals surface area contributed by atoms with Crippen LogP contribution in [-0.4, -0.2) is 75.1 Å². The van der Waals surface area contributed by atoms with Gasteiger partial charge < -0.3 is 30.1 Å². The summed E-state index contributed by atoms with van der Waals surface area (Å²) in [5.74, 6) is -4.16. The minimum atomic E-state index is -2.74. The summed E-state index contributed by atoms with van der Waals surface area (Å²) in [4.78, 5) is 32.8. The topological polar surface area (TPSA) is 145 Å². The first-order valence-electron chi connectivity index (χ1n) is 13.5. The molecule has 11 heteroatoms. The highest BCUT2D eigenvalue weighted by molar-refractivity contribution is 6.53. The number of hydrogen-bond donors (Lipinski definition) is 4. The molecule has 3 aromatic carbocycles. The molecule has 0 aliphatic heterocycles. The number of nitrogens with zero attached hydrogens (tertiary/aromatic N) is 1. The van der Waals surface area contributed by atoms with Crippen molar-refractivity contribution in [3.05, 3.63) is 101 Å². The van der Waals surface area contributed by atoms with Gasteiger partial charge in [-0.15, -0.1) is 0 Å². The van der Waals surface area contributed by atoms with Crippen LogP contribution < -0.4 is 4.74 Å². The van der Waals surface area contributed by atoms with Crippen molar-refractivity contribution in [1.29, 1.82) is 0 Å². The minimum absolute atomic E-state index is 0.675. The quantitative estimate of drug-likeness (QED) is 0.158. The molecule has 0 radical (unpaired) electrons. The molecular weight excluding hydrogens is 597 g/mol. The summed E-state index contributed by atoms with van der Waals surface area (Å²) >= 11 is 12.9. The summed E-state index contributed by atoms with van der Waals surface area (Å²) in [7, 11) is 0. The molecule has 0 saturated heterocycles. The first-order chi connectivity index (χ1) is 20.4. The maximum Gasteiger partial charge on any atom is 0.336 e. The summed E-state index contributed by atoms with van der Waals surface area (Å²) < 4.78 is 5.93. The van der Waals surface area contributed by atoms with Crippen LogP contribution in [0.2, 0.25) is 5.02 Å². The monoisotopic (exact) mass is 631 g/mol. The summed E-state index contributed by atoms with van der Waals surface area (Å²) in [6, 6.07) is 25.9. The van der Waals surface area contributed by atoms with Gasteiger partial charge in [-0.3, -0.25) is 9.59 Å². The third-order valence-electron chi connectivity index (χ3n) is 6.38. The van der Waals surface area contributed by atoms with Crippen molar-refractivity contribution < 1.29 is 39.5 Å². The Bertz CT molecular complexity index is 1360. The van der Waals surface area contributed by atoms with Crippen LogP contribution >= 0.6 is 23.2 Å². The second kappa shape index (κ2) is 17.3. The zero-order valence-electron chi connectivity index (χ0n) is 23.9. The Balaban J connectivity index is 0.000000420. The van der Waals surface area contributed by atoms with E-state index in [4.69, 9.17) is 48.4 Å². The van der Waals surface area contributed by atoms with Crippen LogP contribution in [0.5, 0.6) is 5.75 Å². The summed E-state index contributed by atoms with van der Waals surface area (Å²) in [6.07, 6.45) is -2.29. The molecule has 230 valence electrons. The van der Waals surface area contributed by atoms with E-state index in [0.717, 1.165) is 47.6 Å². The van der Waals surface area contributed by atoms with Crippen LogP contribution in [0.15, 0.2) is 78.9 Å². The predicted octanol–water partition coefficient (Wildman–Crippen LogP) is 5.97. The maximum absolute atomic E-state index is 10.3. The van der Waals surface area contributed by atoms with Crippen LogP contribution in [0, 0.1) is 0 Å². The van der Waals surface area contributed by atoms with E-state index in [0.29, 0.717) is 16.7 Å². The third kappa shape index (κ3) is 11.4. The van der Waals surface area contributed by atoms with Gasteiger partial charge in [0.1, 0.15) is 12.4 Å². The van der Waals surface area contributed by atoms with Gasteiger partial charge in [0, 0.05) is 17.1 Å². The van der Waals surface area contributed by atoms with Crippen LogP contribution in [0.25, 0.3) is 10.6 Å². The minimum Gasteiger partial charge on any atom is -0.492 e. The van der Waals surface area contributed by atoms with E-state index >= 15 is 0 Å². The Morgan fingerprint density at radius 1 is 0.767 bits per heavy atom. The Morgan fingerprint density at radius 3 is 1.72 bits per heavy atom. The van der Waals surface area contributed by atoms with Crippen molar-refractivity contribution in [3.8, 4) is 5.75 Å². The van der Waals surface area contributed by atoms with Crippen LogP contribution in [-0.2, 0) is 14.4 Å². The average Bonchev–Trinajstić information content (AvgIpc) is 2.96. The number of ether oxygens (including phenoxy) is 1. The number of carboxylic acids is 3. The third-order valence-corrected chi connectivity index (χ3v) is 7.04. The number of halogens is 2. The molecule has 0 amide bonds. The van der Waals surface area contributed by atoms with Gasteiger partial charge in [-0.2, -0.15) is 0 Å². The number of carbonyl (C=O) groups is 3. The average molecular weight is 633 g/mol. The summed E-state index contributed by atoms with van der Waals surface area (Å²) in [5.41, 5.74) is 1.27. The Kier molecular flexibility index (Phi) is 14.2. The van der Waals surface area contributed by atoms with Crippen molar-refractivity contribution in [2.75, 3.05) is 26.2 Å². The fraction of sp³-hybridized carbons (Fsp3) is 0.281. The molecule has 0 fully saturated rings. The fourth-order valence-corrected chi connectivity index (χ4v) is 4.50. The molecule has 3 rings (SSSR count). The molecule has 0 bridgehead atoms. The standard InChI is InChI=1S/C26H27Cl2NO.C6H8O7/c1-3-29(4-2)18-19-30-24-16-12-21(13-17-24)25(20-8-6-5-7-9-20)26(28)22-10-14-23(27)15-11-22;7-3(8)1-6(13,5(11)12)2-4(9)10/h5-17H,3-4,18-19H2,1-2H3;13H,1-2H2,(H,7,8)(H,9,10)(H,11,12)/b26-25+;. The van der Waals surface area contributed by atoms with Gasteiger partial charge in [0.15, 0.2) is 5.60 Å². The smallest absolute Gasteiger partial charge is 0.336 e. The van der Waals surface area contributed by atoms with Gasteiger partial charge in [0.05, 0.1) is 17.9 Å². The molecule has 3 aromatic rings. The highest BCUT2D eigenvalue weighted by atomic mass is 35.5. The summed E-state index contributed by atoms with van der Waals surface area (Å²) in [6.45, 7) is 8.00. The second-order valence-corrected chi connectivity index (χ2v) is 10.3. The van der Waals surface area contributed by atoms with Gasteiger partial charge in [-0.05, 0) is 54.0 Å². The van der Waals surface area contributed by atoms with Crippen molar-refractivity contribution in [2.45, 2.75) is 32.3 Å². The fourth-order valence-electron chi connectivity index (χ4n) is 4.03. The molecule has 4 N–H and O–H groups in total. The van der Waals surface area contributed by atoms with Gasteiger partial charge >= 0.3 is 17.9 Å². The molecule has 0 spiro atoms. The van der Waals surface area contributed by atoms with Gasteiger partial charge in [-0.25, -0.2) is 4.79 Å². The molecule has 0 atom stereocenters. The van der Waals surface area contributed by atoms with Gasteiger partial charge in [0.25, 0.3) is 0 Å². The highest BCUT2D eigenvalue weighted by Gasteiger charge is 2.40. The van der Waals surface area contributed by atoms with Crippen LogP contribution in [0.3, 0.4) is 0 Å². The van der Waals surface area contributed by atoms with Crippen molar-refractivity contribution in [1.82, 2.24) is 4.90 Å². The molecular formula is C32H35Cl2NO8. The molecule has 0 unspecified atom stereocenters. The van der Waals surface area contributed by atoms with Gasteiger partial charge in [0.2, 0.25) is 0 Å². The normalized spacial score (nSPS) is 11.7. The Hall–Kier alpha value is -3.89. The largest absolute Gasteiger partial charge is 0.492 e. The van der Waals surface area contributed by atoms with Crippen LogP contribution in [0.1, 0.15) is 43.4 Å².